The van der Waals surface area contributed by atoms with Crippen molar-refractivity contribution in [3.8, 4) is 0 Å². The van der Waals surface area contributed by atoms with E-state index in [0.717, 1.165) is 0 Å². The summed E-state index contributed by atoms with van der Waals surface area (Å²) in [7, 11) is 1.34. The highest BCUT2D eigenvalue weighted by molar-refractivity contribution is 6.22. The van der Waals surface area contributed by atoms with Gasteiger partial charge >= 0.3 is 5.97 Å². The molecule has 1 aliphatic carbocycles. The van der Waals surface area contributed by atoms with E-state index in [0.29, 0.717) is 17.8 Å². The molecule has 6 heteroatoms. The van der Waals surface area contributed by atoms with Crippen molar-refractivity contribution in [3.05, 3.63) is 23.0 Å². The van der Waals surface area contributed by atoms with Crippen molar-refractivity contribution in [2.24, 2.45) is 0 Å². The van der Waals surface area contributed by atoms with E-state index in [4.69, 9.17) is 14.2 Å². The van der Waals surface area contributed by atoms with E-state index >= 15 is 0 Å². The molecule has 0 amide bonds. The first-order valence-corrected chi connectivity index (χ1v) is 6.40. The monoisotopic (exact) mass is 280 g/mol. The lowest BCUT2D eigenvalue weighted by atomic mass is 9.87. The van der Waals surface area contributed by atoms with E-state index in [1.165, 1.54) is 13.2 Å². The topological polar surface area (TPSA) is 78.9 Å². The van der Waals surface area contributed by atoms with Gasteiger partial charge in [0.05, 0.1) is 32.8 Å². The Hall–Kier alpha value is -1.95. The summed E-state index contributed by atoms with van der Waals surface area (Å²) < 4.78 is 15.2. The first-order chi connectivity index (χ1) is 9.56. The summed E-state index contributed by atoms with van der Waals surface area (Å²) in [4.78, 5) is 35.4. The molecule has 2 rings (SSSR count). The van der Waals surface area contributed by atoms with Crippen LogP contribution in [0.1, 0.15) is 19.8 Å². The molecule has 2 aliphatic rings. The third kappa shape index (κ3) is 2.80. The maximum atomic E-state index is 12.0. The standard InChI is InChI=1S/C14H16O6/c1-3-19-13(16)5-8-4-9-10(7-20-8)14(17)12(18-2)6-11(9)15/h6,8H,3-5,7H2,1-2H3. The van der Waals surface area contributed by atoms with Crippen LogP contribution in [-0.4, -0.2) is 44.0 Å². The minimum Gasteiger partial charge on any atom is -0.493 e. The van der Waals surface area contributed by atoms with Crippen LogP contribution in [-0.2, 0) is 28.6 Å². The lowest BCUT2D eigenvalue weighted by Gasteiger charge is -2.27. The maximum absolute atomic E-state index is 12.0. The Morgan fingerprint density at radius 1 is 1.40 bits per heavy atom. The average molecular weight is 280 g/mol. The highest BCUT2D eigenvalue weighted by Gasteiger charge is 2.35. The number of rotatable bonds is 4. The van der Waals surface area contributed by atoms with Gasteiger partial charge in [-0.05, 0) is 6.92 Å². The molecule has 0 bridgehead atoms. The minimum atomic E-state index is -0.429. The average Bonchev–Trinajstić information content (AvgIpc) is 2.43. The molecule has 1 unspecified atom stereocenters. The smallest absolute Gasteiger partial charge is 0.308 e. The fraction of sp³-hybridized carbons (Fsp3) is 0.500. The van der Waals surface area contributed by atoms with E-state index in [1.54, 1.807) is 6.92 Å². The van der Waals surface area contributed by atoms with Crippen molar-refractivity contribution in [2.75, 3.05) is 20.3 Å². The molecular formula is C14H16O6. The van der Waals surface area contributed by atoms with Crippen molar-refractivity contribution in [1.82, 2.24) is 0 Å². The minimum absolute atomic E-state index is 0.0185. The molecular weight excluding hydrogens is 264 g/mol. The SMILES string of the molecule is CCOC(=O)CC1CC2=C(CO1)C(=O)C(OC)=CC2=O. The summed E-state index contributed by atoms with van der Waals surface area (Å²) in [6, 6.07) is 0. The van der Waals surface area contributed by atoms with Gasteiger partial charge in [0.1, 0.15) is 0 Å². The lowest BCUT2D eigenvalue weighted by Crippen LogP contribution is -2.33. The lowest BCUT2D eigenvalue weighted by molar-refractivity contribution is -0.146. The number of methoxy groups -OCH3 is 1. The van der Waals surface area contributed by atoms with Crippen molar-refractivity contribution in [2.45, 2.75) is 25.9 Å². The van der Waals surface area contributed by atoms with Crippen LogP contribution >= 0.6 is 0 Å². The van der Waals surface area contributed by atoms with Gasteiger partial charge in [-0.3, -0.25) is 14.4 Å². The third-order valence-electron chi connectivity index (χ3n) is 3.24. The van der Waals surface area contributed by atoms with Gasteiger partial charge in [0, 0.05) is 23.6 Å². The van der Waals surface area contributed by atoms with E-state index in [-0.39, 0.29) is 42.7 Å². The molecule has 0 aromatic heterocycles. The zero-order valence-corrected chi connectivity index (χ0v) is 11.4. The van der Waals surface area contributed by atoms with Gasteiger partial charge in [-0.15, -0.1) is 0 Å². The molecule has 20 heavy (non-hydrogen) atoms. The molecule has 0 saturated carbocycles. The number of ether oxygens (including phenoxy) is 3. The Morgan fingerprint density at radius 2 is 2.15 bits per heavy atom. The molecule has 0 spiro atoms. The highest BCUT2D eigenvalue weighted by Crippen LogP contribution is 2.29. The van der Waals surface area contributed by atoms with E-state index < -0.39 is 6.10 Å². The normalized spacial score (nSPS) is 22.3. The number of hydrogen-bond donors (Lipinski definition) is 0. The molecule has 0 fully saturated rings. The Bertz CT molecular complexity index is 514. The van der Waals surface area contributed by atoms with Crippen LogP contribution < -0.4 is 0 Å². The fourth-order valence-electron chi connectivity index (χ4n) is 2.26. The van der Waals surface area contributed by atoms with Crippen LogP contribution in [0, 0.1) is 0 Å². The number of carbonyl (C=O) groups excluding carboxylic acids is 3. The largest absolute Gasteiger partial charge is 0.493 e. The summed E-state index contributed by atoms with van der Waals surface area (Å²) >= 11 is 0. The predicted molar refractivity (Wildman–Crippen MR) is 67.7 cm³/mol. The van der Waals surface area contributed by atoms with Gasteiger partial charge in [0.2, 0.25) is 5.78 Å². The van der Waals surface area contributed by atoms with Crippen LogP contribution in [0.2, 0.25) is 0 Å². The van der Waals surface area contributed by atoms with E-state index in [1.807, 2.05) is 0 Å². The van der Waals surface area contributed by atoms with Crippen LogP contribution in [0.5, 0.6) is 0 Å². The second-order valence-corrected chi connectivity index (χ2v) is 4.51. The number of Topliss-reactive ketones (excluding diaryl/α,β-unsaturated/α-hetero) is 1. The quantitative estimate of drug-likeness (QED) is 0.557. The molecule has 0 radical (unpaired) electrons. The molecule has 1 atom stereocenters. The van der Waals surface area contributed by atoms with Gasteiger partial charge in [0.15, 0.2) is 11.5 Å². The summed E-state index contributed by atoms with van der Waals surface area (Å²) in [5, 5.41) is 0. The molecule has 1 aliphatic heterocycles. The van der Waals surface area contributed by atoms with Crippen molar-refractivity contribution in [1.29, 1.82) is 0 Å². The molecule has 0 aromatic rings. The van der Waals surface area contributed by atoms with Gasteiger partial charge in [-0.1, -0.05) is 0 Å². The van der Waals surface area contributed by atoms with Crippen LogP contribution in [0.15, 0.2) is 23.0 Å². The first-order valence-electron chi connectivity index (χ1n) is 6.40. The number of ketones is 2. The zero-order chi connectivity index (χ0) is 14.7. The van der Waals surface area contributed by atoms with Crippen LogP contribution in [0.25, 0.3) is 0 Å². The van der Waals surface area contributed by atoms with E-state index in [2.05, 4.69) is 0 Å². The summed E-state index contributed by atoms with van der Waals surface area (Å²) in [5.41, 5.74) is 0.741. The fourth-order valence-corrected chi connectivity index (χ4v) is 2.26. The van der Waals surface area contributed by atoms with Crippen molar-refractivity contribution < 1.29 is 28.6 Å². The number of allylic oxidation sites excluding steroid dienone is 2. The second-order valence-electron chi connectivity index (χ2n) is 4.51. The maximum Gasteiger partial charge on any atom is 0.308 e. The summed E-state index contributed by atoms with van der Waals surface area (Å²) in [5.74, 6) is -0.921. The molecule has 0 aromatic carbocycles. The number of carbonyl (C=O) groups is 3. The van der Waals surface area contributed by atoms with Gasteiger partial charge < -0.3 is 14.2 Å². The Labute approximate surface area is 116 Å². The Morgan fingerprint density at radius 3 is 2.80 bits per heavy atom. The van der Waals surface area contributed by atoms with Crippen molar-refractivity contribution in [3.63, 3.8) is 0 Å². The van der Waals surface area contributed by atoms with Gasteiger partial charge in [0.25, 0.3) is 0 Å². The summed E-state index contributed by atoms with van der Waals surface area (Å²) in [6.45, 7) is 2.04. The van der Waals surface area contributed by atoms with Gasteiger partial charge in [-0.25, -0.2) is 0 Å². The predicted octanol–water partition coefficient (Wildman–Crippen LogP) is 0.707. The molecule has 0 N–H and O–H groups in total. The second kappa shape index (κ2) is 6.00. The molecule has 1 heterocycles. The first kappa shape index (κ1) is 14.5. The van der Waals surface area contributed by atoms with Crippen LogP contribution in [0.3, 0.4) is 0 Å². The Kier molecular flexibility index (Phi) is 4.34. The zero-order valence-electron chi connectivity index (χ0n) is 11.4. The van der Waals surface area contributed by atoms with E-state index in [9.17, 15) is 14.4 Å². The number of hydrogen-bond acceptors (Lipinski definition) is 6. The Balaban J connectivity index is 2.10. The number of esters is 1. The highest BCUT2D eigenvalue weighted by atomic mass is 16.5. The van der Waals surface area contributed by atoms with Crippen LogP contribution in [0.4, 0.5) is 0 Å². The summed E-state index contributed by atoms with van der Waals surface area (Å²) in [6.07, 6.45) is 1.08. The molecule has 0 saturated heterocycles. The third-order valence-corrected chi connectivity index (χ3v) is 3.24. The van der Waals surface area contributed by atoms with Gasteiger partial charge in [-0.2, -0.15) is 0 Å². The van der Waals surface area contributed by atoms with Crippen molar-refractivity contribution >= 4 is 17.5 Å². The molecule has 6 nitrogen and oxygen atoms in total. The molecule has 108 valence electrons.